The molecule has 1 N–H and O–H groups in total. The Balaban J connectivity index is 1.84. The number of nitrogens with one attached hydrogen (secondary N) is 1. The molecule has 5 nitrogen and oxygen atoms in total. The maximum absolute atomic E-state index is 4.68. The number of hydrogen-bond acceptors (Lipinski definition) is 5. The van der Waals surface area contributed by atoms with Gasteiger partial charge in [-0.1, -0.05) is 6.92 Å². The largest absolute Gasteiger partial charge is 0.370 e. The molecule has 2 aromatic heterocycles. The van der Waals surface area contributed by atoms with Gasteiger partial charge in [0.25, 0.3) is 0 Å². The topological polar surface area (TPSA) is 55.6 Å². The van der Waals surface area contributed by atoms with Crippen LogP contribution in [0.15, 0.2) is 28.6 Å². The number of nitrogens with zero attached hydrogens (tertiary/aromatic N) is 4. The Morgan fingerprint density at radius 3 is 2.90 bits per heavy atom. The lowest BCUT2D eigenvalue weighted by Gasteiger charge is -2.08. The van der Waals surface area contributed by atoms with E-state index in [1.165, 1.54) is 12.8 Å². The van der Waals surface area contributed by atoms with Gasteiger partial charge in [-0.05, 0) is 31.0 Å². The Kier molecular flexibility index (Phi) is 3.91. The van der Waals surface area contributed by atoms with Gasteiger partial charge in [-0.2, -0.15) is 0 Å². The third-order valence-electron chi connectivity index (χ3n) is 3.19. The Morgan fingerprint density at radius 2 is 2.25 bits per heavy atom. The van der Waals surface area contributed by atoms with Gasteiger partial charge in [0.15, 0.2) is 5.16 Å². The molecule has 0 saturated heterocycles. The van der Waals surface area contributed by atoms with Crippen LogP contribution in [-0.4, -0.2) is 26.1 Å². The highest BCUT2D eigenvalue weighted by Crippen LogP contribution is 2.39. The first-order valence-corrected chi connectivity index (χ1v) is 7.86. The van der Waals surface area contributed by atoms with Gasteiger partial charge in [-0.25, -0.2) is 15.0 Å². The van der Waals surface area contributed by atoms with Crippen LogP contribution in [0.25, 0.3) is 0 Å². The zero-order chi connectivity index (χ0) is 13.9. The first-order chi connectivity index (χ1) is 9.76. The predicted octanol–water partition coefficient (Wildman–Crippen LogP) is 3.06. The average molecular weight is 289 g/mol. The molecule has 2 aromatic rings. The van der Waals surface area contributed by atoms with Crippen LogP contribution in [0.4, 0.5) is 5.82 Å². The van der Waals surface area contributed by atoms with Gasteiger partial charge in [0.05, 0.1) is 0 Å². The third-order valence-corrected chi connectivity index (χ3v) is 4.19. The number of hydrogen-bond donors (Lipinski definition) is 1. The molecule has 0 spiro atoms. The molecule has 2 heterocycles. The van der Waals surface area contributed by atoms with Gasteiger partial charge in [0, 0.05) is 38.0 Å². The lowest BCUT2D eigenvalue weighted by atomic mass is 10.4. The van der Waals surface area contributed by atoms with Gasteiger partial charge in [0.2, 0.25) is 0 Å². The van der Waals surface area contributed by atoms with Crippen molar-refractivity contribution in [2.24, 2.45) is 7.05 Å². The summed E-state index contributed by atoms with van der Waals surface area (Å²) in [6.45, 7) is 3.09. The van der Waals surface area contributed by atoms with Crippen LogP contribution in [0.2, 0.25) is 0 Å². The number of aryl methyl sites for hydroxylation is 1. The van der Waals surface area contributed by atoms with Crippen molar-refractivity contribution in [3.63, 3.8) is 0 Å². The summed E-state index contributed by atoms with van der Waals surface area (Å²) in [6, 6.07) is 2.01. The zero-order valence-corrected chi connectivity index (χ0v) is 12.7. The summed E-state index contributed by atoms with van der Waals surface area (Å²) >= 11 is 1.59. The highest BCUT2D eigenvalue weighted by Gasteiger charge is 2.27. The lowest BCUT2D eigenvalue weighted by molar-refractivity contribution is 0.786. The third kappa shape index (κ3) is 3.12. The Morgan fingerprint density at radius 1 is 1.40 bits per heavy atom. The highest BCUT2D eigenvalue weighted by atomic mass is 32.2. The number of rotatable bonds is 6. The molecule has 0 amide bonds. The molecule has 1 fully saturated rings. The molecular weight excluding hydrogens is 270 g/mol. The monoisotopic (exact) mass is 289 g/mol. The second kappa shape index (κ2) is 5.83. The first-order valence-electron chi connectivity index (χ1n) is 7.04. The summed E-state index contributed by atoms with van der Waals surface area (Å²) in [4.78, 5) is 13.6. The molecule has 0 radical (unpaired) electrons. The fourth-order valence-electron chi connectivity index (χ4n) is 1.91. The summed E-state index contributed by atoms with van der Waals surface area (Å²) < 4.78 is 2.00. The second-order valence-corrected chi connectivity index (χ2v) is 6.06. The van der Waals surface area contributed by atoms with Crippen molar-refractivity contribution in [1.82, 2.24) is 19.5 Å². The molecule has 0 aliphatic heterocycles. The van der Waals surface area contributed by atoms with E-state index in [-0.39, 0.29) is 0 Å². The van der Waals surface area contributed by atoms with E-state index in [1.807, 2.05) is 30.1 Å². The molecule has 6 heteroatoms. The molecule has 1 aliphatic rings. The Hall–Kier alpha value is -1.56. The zero-order valence-electron chi connectivity index (χ0n) is 11.8. The second-order valence-electron chi connectivity index (χ2n) is 5.07. The summed E-state index contributed by atoms with van der Waals surface area (Å²) in [6.07, 6.45) is 7.27. The first kappa shape index (κ1) is 13.4. The van der Waals surface area contributed by atoms with E-state index in [2.05, 4.69) is 27.2 Å². The van der Waals surface area contributed by atoms with Crippen LogP contribution >= 0.6 is 11.8 Å². The fourth-order valence-corrected chi connectivity index (χ4v) is 2.72. The van der Waals surface area contributed by atoms with Crippen LogP contribution in [0.3, 0.4) is 0 Å². The molecule has 0 atom stereocenters. The molecule has 1 saturated carbocycles. The molecular formula is C14H19N5S. The quantitative estimate of drug-likeness (QED) is 0.828. The van der Waals surface area contributed by atoms with Gasteiger partial charge < -0.3 is 9.88 Å². The van der Waals surface area contributed by atoms with Crippen LogP contribution in [0, 0.1) is 0 Å². The van der Waals surface area contributed by atoms with Crippen LogP contribution < -0.4 is 5.32 Å². The van der Waals surface area contributed by atoms with E-state index in [9.17, 15) is 0 Å². The number of imidazole rings is 1. The van der Waals surface area contributed by atoms with E-state index in [1.54, 1.807) is 11.8 Å². The summed E-state index contributed by atoms with van der Waals surface area (Å²) in [5, 5.41) is 5.28. The van der Waals surface area contributed by atoms with Crippen LogP contribution in [0.1, 0.15) is 37.9 Å². The van der Waals surface area contributed by atoms with E-state index >= 15 is 0 Å². The number of anilines is 1. The van der Waals surface area contributed by atoms with Crippen molar-refractivity contribution < 1.29 is 0 Å². The van der Waals surface area contributed by atoms with E-state index in [4.69, 9.17) is 0 Å². The minimum absolute atomic E-state index is 0.555. The smallest absolute Gasteiger partial charge is 0.174 e. The SMILES string of the molecule is CCCNc1cc(Sc2nccn2C)nc(C2CC2)n1. The molecule has 106 valence electrons. The van der Waals surface area contributed by atoms with Crippen molar-refractivity contribution in [2.45, 2.75) is 42.3 Å². The highest BCUT2D eigenvalue weighted by molar-refractivity contribution is 7.99. The summed E-state index contributed by atoms with van der Waals surface area (Å²) in [5.74, 6) is 2.46. The van der Waals surface area contributed by atoms with E-state index < -0.39 is 0 Å². The summed E-state index contributed by atoms with van der Waals surface area (Å²) in [7, 11) is 1.99. The molecule has 20 heavy (non-hydrogen) atoms. The number of aromatic nitrogens is 4. The normalized spacial score (nSPS) is 14.5. The van der Waals surface area contributed by atoms with Crippen molar-refractivity contribution >= 4 is 17.6 Å². The average Bonchev–Trinajstić information content (AvgIpc) is 3.22. The maximum Gasteiger partial charge on any atom is 0.174 e. The van der Waals surface area contributed by atoms with Crippen LogP contribution in [-0.2, 0) is 7.05 Å². The molecule has 3 rings (SSSR count). The Bertz CT molecular complexity index is 591. The standard InChI is InChI=1S/C14H19N5S/c1-3-6-15-11-9-12(18-13(17-11)10-4-5-10)20-14-16-7-8-19(14)2/h7-10H,3-6H2,1-2H3,(H,15,17,18). The van der Waals surface area contributed by atoms with Crippen molar-refractivity contribution in [1.29, 1.82) is 0 Å². The fraction of sp³-hybridized carbons (Fsp3) is 0.500. The molecule has 1 aliphatic carbocycles. The summed E-state index contributed by atoms with van der Waals surface area (Å²) in [5.41, 5.74) is 0. The minimum Gasteiger partial charge on any atom is -0.370 e. The predicted molar refractivity (Wildman–Crippen MR) is 80.1 cm³/mol. The Labute approximate surface area is 123 Å². The van der Waals surface area contributed by atoms with E-state index in [0.29, 0.717) is 5.92 Å². The van der Waals surface area contributed by atoms with Crippen molar-refractivity contribution in [3.8, 4) is 0 Å². The lowest BCUT2D eigenvalue weighted by Crippen LogP contribution is -2.05. The van der Waals surface area contributed by atoms with Gasteiger partial charge in [-0.15, -0.1) is 0 Å². The van der Waals surface area contributed by atoms with Crippen molar-refractivity contribution in [2.75, 3.05) is 11.9 Å². The van der Waals surface area contributed by atoms with E-state index in [0.717, 1.165) is 34.8 Å². The van der Waals surface area contributed by atoms with Crippen LogP contribution in [0.5, 0.6) is 0 Å². The van der Waals surface area contributed by atoms with Gasteiger partial charge >= 0.3 is 0 Å². The van der Waals surface area contributed by atoms with Gasteiger partial charge in [0.1, 0.15) is 16.7 Å². The van der Waals surface area contributed by atoms with Crippen molar-refractivity contribution in [3.05, 3.63) is 24.3 Å². The molecule has 0 aromatic carbocycles. The van der Waals surface area contributed by atoms with Gasteiger partial charge in [-0.3, -0.25) is 0 Å². The molecule has 0 bridgehead atoms. The maximum atomic E-state index is 4.68. The minimum atomic E-state index is 0.555. The molecule has 0 unspecified atom stereocenters.